The van der Waals surface area contributed by atoms with Gasteiger partial charge in [-0.3, -0.25) is 9.59 Å². The van der Waals surface area contributed by atoms with E-state index in [0.717, 1.165) is 29.7 Å². The van der Waals surface area contributed by atoms with Gasteiger partial charge < -0.3 is 20.1 Å². The van der Waals surface area contributed by atoms with Gasteiger partial charge in [0.05, 0.1) is 32.2 Å². The van der Waals surface area contributed by atoms with Crippen LogP contribution in [0.15, 0.2) is 48.5 Å². The summed E-state index contributed by atoms with van der Waals surface area (Å²) in [6, 6.07) is 14.9. The summed E-state index contributed by atoms with van der Waals surface area (Å²) in [5, 5.41) is 5.57. The number of carbonyl (C=O) groups excluding carboxylic acids is 2. The van der Waals surface area contributed by atoms with Gasteiger partial charge in [0.1, 0.15) is 0 Å². The van der Waals surface area contributed by atoms with E-state index in [1.165, 1.54) is 12.8 Å². The van der Waals surface area contributed by atoms with Crippen LogP contribution in [0.4, 0.5) is 0 Å². The van der Waals surface area contributed by atoms with E-state index in [1.807, 2.05) is 55.5 Å². The minimum Gasteiger partial charge on any atom is -0.493 e. The SMILES string of the molecule is COc1cc(C(C)NC(=O)CNC(=O)Cc2ccccc2)ccc1OC1CCCC1. The number of benzene rings is 2. The Kier molecular flexibility index (Phi) is 7.71. The number of rotatable bonds is 9. The van der Waals surface area contributed by atoms with Crippen LogP contribution in [-0.4, -0.2) is 31.6 Å². The fourth-order valence-corrected chi connectivity index (χ4v) is 3.64. The first-order chi connectivity index (χ1) is 14.5. The van der Waals surface area contributed by atoms with Crippen LogP contribution in [0.2, 0.25) is 0 Å². The highest BCUT2D eigenvalue weighted by atomic mass is 16.5. The van der Waals surface area contributed by atoms with Gasteiger partial charge in [0, 0.05) is 0 Å². The number of hydrogen-bond donors (Lipinski definition) is 2. The lowest BCUT2D eigenvalue weighted by atomic mass is 10.1. The molecule has 0 heterocycles. The molecular formula is C24H30N2O4. The van der Waals surface area contributed by atoms with Crippen LogP contribution >= 0.6 is 0 Å². The third-order valence-corrected chi connectivity index (χ3v) is 5.31. The van der Waals surface area contributed by atoms with E-state index in [0.29, 0.717) is 5.75 Å². The molecule has 30 heavy (non-hydrogen) atoms. The van der Waals surface area contributed by atoms with Crippen LogP contribution in [0.1, 0.15) is 49.8 Å². The van der Waals surface area contributed by atoms with E-state index in [1.54, 1.807) is 7.11 Å². The van der Waals surface area contributed by atoms with Crippen molar-refractivity contribution in [3.8, 4) is 11.5 Å². The Morgan fingerprint density at radius 1 is 1.03 bits per heavy atom. The predicted octanol–water partition coefficient (Wildman–Crippen LogP) is 3.55. The third-order valence-electron chi connectivity index (χ3n) is 5.31. The highest BCUT2D eigenvalue weighted by molar-refractivity contribution is 5.85. The zero-order valence-corrected chi connectivity index (χ0v) is 17.6. The molecule has 1 saturated carbocycles. The molecule has 2 N–H and O–H groups in total. The zero-order chi connectivity index (χ0) is 21.3. The molecule has 6 nitrogen and oxygen atoms in total. The minimum absolute atomic E-state index is 0.0595. The Morgan fingerprint density at radius 3 is 2.47 bits per heavy atom. The summed E-state index contributed by atoms with van der Waals surface area (Å²) in [4.78, 5) is 24.3. The molecule has 2 aromatic rings. The molecule has 1 aliphatic carbocycles. The van der Waals surface area contributed by atoms with Crippen LogP contribution in [0, 0.1) is 0 Å². The number of carbonyl (C=O) groups is 2. The summed E-state index contributed by atoms with van der Waals surface area (Å²) >= 11 is 0. The number of ether oxygens (including phenoxy) is 2. The van der Waals surface area contributed by atoms with E-state index in [2.05, 4.69) is 10.6 Å². The second-order valence-corrected chi connectivity index (χ2v) is 7.66. The van der Waals surface area contributed by atoms with Crippen LogP contribution in [0.25, 0.3) is 0 Å². The first-order valence-corrected chi connectivity index (χ1v) is 10.5. The summed E-state index contributed by atoms with van der Waals surface area (Å²) in [7, 11) is 1.62. The van der Waals surface area contributed by atoms with Crippen molar-refractivity contribution in [2.24, 2.45) is 0 Å². The first-order valence-electron chi connectivity index (χ1n) is 10.5. The molecule has 2 aromatic carbocycles. The molecule has 0 aliphatic heterocycles. The van der Waals surface area contributed by atoms with Gasteiger partial charge in [0.2, 0.25) is 11.8 Å². The van der Waals surface area contributed by atoms with Crippen molar-refractivity contribution in [3.63, 3.8) is 0 Å². The molecule has 0 spiro atoms. The second-order valence-electron chi connectivity index (χ2n) is 7.66. The van der Waals surface area contributed by atoms with Crippen LogP contribution < -0.4 is 20.1 Å². The average Bonchev–Trinajstić information content (AvgIpc) is 3.26. The van der Waals surface area contributed by atoms with E-state index >= 15 is 0 Å². The molecule has 0 bridgehead atoms. The molecule has 6 heteroatoms. The summed E-state index contributed by atoms with van der Waals surface area (Å²) < 4.78 is 11.6. The van der Waals surface area contributed by atoms with Crippen molar-refractivity contribution >= 4 is 11.8 Å². The smallest absolute Gasteiger partial charge is 0.239 e. The first kappa shape index (κ1) is 21.7. The Morgan fingerprint density at radius 2 is 1.77 bits per heavy atom. The summed E-state index contributed by atoms with van der Waals surface area (Å²) in [5.74, 6) is 0.977. The van der Waals surface area contributed by atoms with Crippen molar-refractivity contribution in [1.29, 1.82) is 0 Å². The topological polar surface area (TPSA) is 76.7 Å². The fourth-order valence-electron chi connectivity index (χ4n) is 3.64. The molecule has 1 atom stereocenters. The molecule has 0 radical (unpaired) electrons. The highest BCUT2D eigenvalue weighted by Gasteiger charge is 2.19. The van der Waals surface area contributed by atoms with Crippen molar-refractivity contribution in [2.45, 2.75) is 51.2 Å². The van der Waals surface area contributed by atoms with Crippen molar-refractivity contribution < 1.29 is 19.1 Å². The van der Waals surface area contributed by atoms with Gasteiger partial charge in [0.25, 0.3) is 0 Å². The van der Waals surface area contributed by atoms with Gasteiger partial charge in [-0.15, -0.1) is 0 Å². The molecule has 2 amide bonds. The normalized spacial score (nSPS) is 14.7. The van der Waals surface area contributed by atoms with Crippen molar-refractivity contribution in [3.05, 3.63) is 59.7 Å². The molecule has 0 saturated heterocycles. The molecule has 0 aromatic heterocycles. The lowest BCUT2D eigenvalue weighted by molar-refractivity contribution is -0.126. The van der Waals surface area contributed by atoms with Crippen molar-refractivity contribution in [2.75, 3.05) is 13.7 Å². The largest absolute Gasteiger partial charge is 0.493 e. The third kappa shape index (κ3) is 6.24. The number of hydrogen-bond acceptors (Lipinski definition) is 4. The summed E-state index contributed by atoms with van der Waals surface area (Å²) in [5.41, 5.74) is 1.82. The maximum atomic E-state index is 12.3. The lowest BCUT2D eigenvalue weighted by Gasteiger charge is -2.19. The zero-order valence-electron chi connectivity index (χ0n) is 17.6. The lowest BCUT2D eigenvalue weighted by Crippen LogP contribution is -2.38. The predicted molar refractivity (Wildman–Crippen MR) is 116 cm³/mol. The molecule has 160 valence electrons. The summed E-state index contributed by atoms with van der Waals surface area (Å²) in [6.07, 6.45) is 5.07. The van der Waals surface area contributed by atoms with E-state index in [-0.39, 0.29) is 36.9 Å². The Hall–Kier alpha value is -3.02. The Bertz CT molecular complexity index is 848. The van der Waals surface area contributed by atoms with Gasteiger partial charge in [-0.05, 0) is 55.9 Å². The number of amides is 2. The number of nitrogens with one attached hydrogen (secondary N) is 2. The van der Waals surface area contributed by atoms with E-state index in [9.17, 15) is 9.59 Å². The maximum absolute atomic E-state index is 12.3. The molecule has 1 fully saturated rings. The second kappa shape index (κ2) is 10.7. The minimum atomic E-state index is -0.242. The fraction of sp³-hybridized carbons (Fsp3) is 0.417. The standard InChI is InChI=1S/C24H30N2O4/c1-17(26-24(28)16-25-23(27)14-18-8-4-3-5-9-18)19-12-13-21(22(15-19)29-2)30-20-10-6-7-11-20/h3-5,8-9,12-13,15,17,20H,6-7,10-11,14,16H2,1-2H3,(H,25,27)(H,26,28). The van der Waals surface area contributed by atoms with Gasteiger partial charge in [-0.25, -0.2) is 0 Å². The van der Waals surface area contributed by atoms with Crippen LogP contribution in [0.3, 0.4) is 0 Å². The Balaban J connectivity index is 1.49. The monoisotopic (exact) mass is 410 g/mol. The quantitative estimate of drug-likeness (QED) is 0.663. The molecule has 1 unspecified atom stereocenters. The van der Waals surface area contributed by atoms with Gasteiger partial charge in [0.15, 0.2) is 11.5 Å². The van der Waals surface area contributed by atoms with Crippen LogP contribution in [0.5, 0.6) is 11.5 Å². The van der Waals surface area contributed by atoms with E-state index < -0.39 is 0 Å². The average molecular weight is 411 g/mol. The summed E-state index contributed by atoms with van der Waals surface area (Å²) in [6.45, 7) is 1.84. The molecule has 1 aliphatic rings. The molecule has 3 rings (SSSR count). The number of methoxy groups -OCH3 is 1. The molecular weight excluding hydrogens is 380 g/mol. The highest BCUT2D eigenvalue weighted by Crippen LogP contribution is 2.33. The maximum Gasteiger partial charge on any atom is 0.239 e. The van der Waals surface area contributed by atoms with Gasteiger partial charge in [-0.1, -0.05) is 36.4 Å². The van der Waals surface area contributed by atoms with Crippen molar-refractivity contribution in [1.82, 2.24) is 10.6 Å². The van der Waals surface area contributed by atoms with Gasteiger partial charge >= 0.3 is 0 Å². The Labute approximate surface area is 178 Å². The van der Waals surface area contributed by atoms with E-state index in [4.69, 9.17) is 9.47 Å². The van der Waals surface area contributed by atoms with Gasteiger partial charge in [-0.2, -0.15) is 0 Å². The van der Waals surface area contributed by atoms with Crippen LogP contribution in [-0.2, 0) is 16.0 Å².